The average molecular weight is 448 g/mol. The van der Waals surface area contributed by atoms with Crippen molar-refractivity contribution in [2.75, 3.05) is 24.7 Å². The number of hydrogen-bond acceptors (Lipinski definition) is 6. The van der Waals surface area contributed by atoms with Crippen molar-refractivity contribution in [2.45, 2.75) is 46.3 Å². The van der Waals surface area contributed by atoms with Gasteiger partial charge in [-0.15, -0.1) is 0 Å². The van der Waals surface area contributed by atoms with E-state index in [9.17, 15) is 4.79 Å². The molecule has 0 atom stereocenters. The number of ether oxygens (including phenoxy) is 2. The van der Waals surface area contributed by atoms with E-state index >= 15 is 0 Å². The molecule has 0 fully saturated rings. The summed E-state index contributed by atoms with van der Waals surface area (Å²) in [5.74, 6) is 0.404. The number of anilines is 1. The maximum absolute atomic E-state index is 11.9. The Morgan fingerprint density at radius 2 is 1.52 bits per heavy atom. The molecule has 0 saturated carbocycles. The molecule has 3 rings (SSSR count). The molecule has 0 N–H and O–H groups in total. The average Bonchev–Trinajstić information content (AvgIpc) is 2.78. The Morgan fingerprint density at radius 3 is 2.06 bits per heavy atom. The molecule has 174 valence electrons. The van der Waals surface area contributed by atoms with Gasteiger partial charge in [-0.25, -0.2) is 9.78 Å². The van der Waals surface area contributed by atoms with Gasteiger partial charge < -0.3 is 14.4 Å². The van der Waals surface area contributed by atoms with Crippen LogP contribution in [0.5, 0.6) is 0 Å². The minimum absolute atomic E-state index is 0.0723. The highest BCUT2D eigenvalue weighted by atomic mass is 16.6. The maximum Gasteiger partial charge on any atom is 0.332 e. The first-order chi connectivity index (χ1) is 15.7. The molecule has 0 spiro atoms. The van der Waals surface area contributed by atoms with Crippen LogP contribution >= 0.6 is 0 Å². The highest BCUT2D eigenvalue weighted by Crippen LogP contribution is 2.30. The smallest absolute Gasteiger partial charge is 0.332 e. The van der Waals surface area contributed by atoms with E-state index in [0.29, 0.717) is 13.2 Å². The van der Waals surface area contributed by atoms with Crippen LogP contribution in [0.25, 0.3) is 22.5 Å². The SMILES string of the molecule is CC(C)N(CCOCC(=O)OC(C)(C)C)c1cnc(-c2ccccc2)c(-c2ccccc2)n1. The number of rotatable bonds is 9. The van der Waals surface area contributed by atoms with E-state index in [0.717, 1.165) is 28.3 Å². The zero-order chi connectivity index (χ0) is 23.8. The van der Waals surface area contributed by atoms with E-state index < -0.39 is 5.60 Å². The number of benzene rings is 2. The van der Waals surface area contributed by atoms with E-state index in [1.165, 1.54) is 0 Å². The standard InChI is InChI=1S/C27H33N3O3/c1-20(2)30(16-17-32-19-24(31)33-27(3,4)5)23-18-28-25(21-12-8-6-9-13-21)26(29-23)22-14-10-7-11-15-22/h6-15,18,20H,16-17,19H2,1-5H3. The predicted octanol–water partition coefficient (Wildman–Crippen LogP) is 5.38. The van der Waals surface area contributed by atoms with E-state index in [1.54, 1.807) is 0 Å². The molecule has 3 aromatic rings. The Labute approximate surface area is 196 Å². The molecule has 0 saturated heterocycles. The molecule has 1 heterocycles. The van der Waals surface area contributed by atoms with Crippen LogP contribution in [-0.2, 0) is 14.3 Å². The van der Waals surface area contributed by atoms with E-state index in [-0.39, 0.29) is 18.6 Å². The first kappa shape index (κ1) is 24.4. The zero-order valence-electron chi connectivity index (χ0n) is 20.1. The fourth-order valence-electron chi connectivity index (χ4n) is 3.45. The predicted molar refractivity (Wildman–Crippen MR) is 132 cm³/mol. The zero-order valence-corrected chi connectivity index (χ0v) is 20.1. The van der Waals surface area contributed by atoms with Gasteiger partial charge in [0.15, 0.2) is 0 Å². The molecule has 6 heteroatoms. The lowest BCUT2D eigenvalue weighted by molar-refractivity contribution is -0.160. The van der Waals surface area contributed by atoms with E-state index in [2.05, 4.69) is 18.7 Å². The van der Waals surface area contributed by atoms with Crippen molar-refractivity contribution in [3.63, 3.8) is 0 Å². The summed E-state index contributed by atoms with van der Waals surface area (Å²) in [5.41, 5.74) is 3.19. The second-order valence-electron chi connectivity index (χ2n) is 9.08. The van der Waals surface area contributed by atoms with Crippen molar-refractivity contribution in [2.24, 2.45) is 0 Å². The number of hydrogen-bond donors (Lipinski definition) is 0. The molecular weight excluding hydrogens is 414 g/mol. The summed E-state index contributed by atoms with van der Waals surface area (Å²) < 4.78 is 10.9. The molecule has 33 heavy (non-hydrogen) atoms. The van der Waals surface area contributed by atoms with Crippen LogP contribution in [0.3, 0.4) is 0 Å². The lowest BCUT2D eigenvalue weighted by Crippen LogP contribution is -2.35. The molecule has 0 aliphatic rings. The lowest BCUT2D eigenvalue weighted by Gasteiger charge is -2.28. The molecule has 0 bridgehead atoms. The summed E-state index contributed by atoms with van der Waals surface area (Å²) in [4.78, 5) is 23.9. The van der Waals surface area contributed by atoms with Crippen molar-refractivity contribution in [1.29, 1.82) is 0 Å². The summed E-state index contributed by atoms with van der Waals surface area (Å²) >= 11 is 0. The summed E-state index contributed by atoms with van der Waals surface area (Å²) in [6.45, 7) is 10.6. The monoisotopic (exact) mass is 447 g/mol. The van der Waals surface area contributed by atoms with Crippen molar-refractivity contribution in [3.05, 3.63) is 66.9 Å². The Kier molecular flexibility index (Phi) is 8.17. The number of carbonyl (C=O) groups is 1. The highest BCUT2D eigenvalue weighted by molar-refractivity contribution is 5.78. The van der Waals surface area contributed by atoms with Gasteiger partial charge in [0, 0.05) is 23.7 Å². The number of aromatic nitrogens is 2. The lowest BCUT2D eigenvalue weighted by atomic mass is 10.0. The Hall–Kier alpha value is -3.25. The van der Waals surface area contributed by atoms with Gasteiger partial charge in [-0.3, -0.25) is 4.98 Å². The van der Waals surface area contributed by atoms with Gasteiger partial charge in [-0.1, -0.05) is 60.7 Å². The van der Waals surface area contributed by atoms with Gasteiger partial charge in [-0.05, 0) is 34.6 Å². The summed E-state index contributed by atoms with van der Waals surface area (Å²) in [6, 6.07) is 20.3. The largest absolute Gasteiger partial charge is 0.458 e. The van der Waals surface area contributed by atoms with Crippen LogP contribution in [0.1, 0.15) is 34.6 Å². The quantitative estimate of drug-likeness (QED) is 0.324. The van der Waals surface area contributed by atoms with Crippen LogP contribution in [0.2, 0.25) is 0 Å². The molecule has 0 amide bonds. The van der Waals surface area contributed by atoms with Crippen LogP contribution in [-0.4, -0.2) is 47.3 Å². The minimum atomic E-state index is -0.520. The molecule has 0 unspecified atom stereocenters. The van der Waals surface area contributed by atoms with Gasteiger partial charge >= 0.3 is 5.97 Å². The number of carbonyl (C=O) groups excluding carboxylic acids is 1. The van der Waals surface area contributed by atoms with Crippen LogP contribution in [0.4, 0.5) is 5.82 Å². The minimum Gasteiger partial charge on any atom is -0.458 e. The van der Waals surface area contributed by atoms with Crippen LogP contribution < -0.4 is 4.90 Å². The normalized spacial score (nSPS) is 11.5. The Bertz CT molecular complexity index is 1030. The Balaban J connectivity index is 1.80. The molecule has 0 radical (unpaired) electrons. The Morgan fingerprint density at radius 1 is 0.939 bits per heavy atom. The van der Waals surface area contributed by atoms with Crippen molar-refractivity contribution < 1.29 is 14.3 Å². The fourth-order valence-corrected chi connectivity index (χ4v) is 3.45. The third kappa shape index (κ3) is 7.12. The molecule has 1 aromatic heterocycles. The second kappa shape index (κ2) is 11.1. The fraction of sp³-hybridized carbons (Fsp3) is 0.370. The van der Waals surface area contributed by atoms with E-state index in [1.807, 2.05) is 87.6 Å². The van der Waals surface area contributed by atoms with Gasteiger partial charge in [0.1, 0.15) is 18.0 Å². The maximum atomic E-state index is 11.9. The van der Waals surface area contributed by atoms with Gasteiger partial charge in [0.05, 0.1) is 24.2 Å². The second-order valence-corrected chi connectivity index (χ2v) is 9.08. The highest BCUT2D eigenvalue weighted by Gasteiger charge is 2.19. The van der Waals surface area contributed by atoms with Gasteiger partial charge in [-0.2, -0.15) is 0 Å². The van der Waals surface area contributed by atoms with Crippen molar-refractivity contribution >= 4 is 11.8 Å². The van der Waals surface area contributed by atoms with Gasteiger partial charge in [0.2, 0.25) is 0 Å². The summed E-state index contributed by atoms with van der Waals surface area (Å²) in [6.07, 6.45) is 1.81. The molecule has 0 aliphatic heterocycles. The first-order valence-corrected chi connectivity index (χ1v) is 11.3. The third-order valence-electron chi connectivity index (χ3n) is 4.89. The molecule has 6 nitrogen and oxygen atoms in total. The molecule has 0 aliphatic carbocycles. The first-order valence-electron chi connectivity index (χ1n) is 11.3. The topological polar surface area (TPSA) is 64.5 Å². The van der Waals surface area contributed by atoms with Crippen LogP contribution in [0, 0.1) is 0 Å². The van der Waals surface area contributed by atoms with Crippen molar-refractivity contribution in [3.8, 4) is 22.5 Å². The molecule has 2 aromatic carbocycles. The van der Waals surface area contributed by atoms with E-state index in [4.69, 9.17) is 19.4 Å². The van der Waals surface area contributed by atoms with Crippen molar-refractivity contribution in [1.82, 2.24) is 9.97 Å². The molecular formula is C27H33N3O3. The number of esters is 1. The summed E-state index contributed by atoms with van der Waals surface area (Å²) in [7, 11) is 0. The summed E-state index contributed by atoms with van der Waals surface area (Å²) in [5, 5.41) is 0. The third-order valence-corrected chi connectivity index (χ3v) is 4.89. The van der Waals surface area contributed by atoms with Gasteiger partial charge in [0.25, 0.3) is 0 Å². The van der Waals surface area contributed by atoms with Crippen LogP contribution in [0.15, 0.2) is 66.9 Å². The number of nitrogens with zero attached hydrogens (tertiary/aromatic N) is 3.